The molecule has 9 heteroatoms. The third kappa shape index (κ3) is 3.58. The molecule has 4 aliphatic rings. The van der Waals surface area contributed by atoms with Gasteiger partial charge in [-0.25, -0.2) is 0 Å². The lowest BCUT2D eigenvalue weighted by molar-refractivity contribution is -0.384. The van der Waals surface area contributed by atoms with E-state index in [1.807, 2.05) is 0 Å². The van der Waals surface area contributed by atoms with Crippen LogP contribution in [0.25, 0.3) is 10.2 Å². The van der Waals surface area contributed by atoms with Gasteiger partial charge in [0.1, 0.15) is 6.54 Å². The highest BCUT2D eigenvalue weighted by Crippen LogP contribution is 2.60. The summed E-state index contributed by atoms with van der Waals surface area (Å²) >= 11 is 1.21. The Morgan fingerprint density at radius 2 is 1.87 bits per heavy atom. The summed E-state index contributed by atoms with van der Waals surface area (Å²) in [6.45, 7) is 1.91. The fourth-order valence-electron chi connectivity index (χ4n) is 6.33. The fourth-order valence-corrected chi connectivity index (χ4v) is 7.39. The third-order valence-corrected chi connectivity index (χ3v) is 8.20. The van der Waals surface area contributed by atoms with Crippen molar-refractivity contribution in [3.63, 3.8) is 0 Å². The summed E-state index contributed by atoms with van der Waals surface area (Å²) in [7, 11) is 0. The Hall–Kier alpha value is -2.55. The highest BCUT2D eigenvalue weighted by Gasteiger charge is 2.54. The average molecular weight is 444 g/mol. The fraction of sp³-hybridized carbons (Fsp3) is 0.591. The monoisotopic (exact) mass is 443 g/mol. The standard InChI is InChI=1S/C22H25N3O5S/c1-2-30-19(26)12-24-17-4-3-16(25(28)29)8-18(17)31-21(24)23-20(27)22-9-13-5-14(10-22)7-15(6-13)11-22/h3-4,8,13-15H,2,5-7,9-12H2,1H3. The highest BCUT2D eigenvalue weighted by molar-refractivity contribution is 7.16. The summed E-state index contributed by atoms with van der Waals surface area (Å²) in [5, 5.41) is 11.2. The van der Waals surface area contributed by atoms with Gasteiger partial charge in [-0.3, -0.25) is 19.7 Å². The maximum absolute atomic E-state index is 13.5. The minimum Gasteiger partial charge on any atom is -0.465 e. The van der Waals surface area contributed by atoms with Crippen LogP contribution in [-0.2, 0) is 20.9 Å². The first-order chi connectivity index (χ1) is 14.9. The predicted molar refractivity (Wildman–Crippen MR) is 114 cm³/mol. The molecule has 0 N–H and O–H groups in total. The van der Waals surface area contributed by atoms with Crippen LogP contribution < -0.4 is 4.80 Å². The van der Waals surface area contributed by atoms with E-state index in [4.69, 9.17) is 4.74 Å². The highest BCUT2D eigenvalue weighted by atomic mass is 32.1. The number of nitro groups is 1. The first-order valence-electron chi connectivity index (χ1n) is 10.9. The number of esters is 1. The normalized spacial score (nSPS) is 29.5. The molecule has 6 rings (SSSR count). The van der Waals surface area contributed by atoms with E-state index in [9.17, 15) is 19.7 Å². The van der Waals surface area contributed by atoms with E-state index in [0.29, 0.717) is 32.8 Å². The molecular formula is C22H25N3O5S. The Labute approximate surface area is 183 Å². The lowest BCUT2D eigenvalue weighted by atomic mass is 9.49. The quantitative estimate of drug-likeness (QED) is 0.397. The van der Waals surface area contributed by atoms with Crippen molar-refractivity contribution in [1.29, 1.82) is 0 Å². The van der Waals surface area contributed by atoms with E-state index in [0.717, 1.165) is 19.3 Å². The van der Waals surface area contributed by atoms with Gasteiger partial charge in [-0.15, -0.1) is 0 Å². The smallest absolute Gasteiger partial charge is 0.326 e. The molecule has 0 radical (unpaired) electrons. The first-order valence-corrected chi connectivity index (χ1v) is 11.7. The van der Waals surface area contributed by atoms with Crippen molar-refractivity contribution < 1.29 is 19.2 Å². The first kappa shape index (κ1) is 20.4. The summed E-state index contributed by atoms with van der Waals surface area (Å²) in [5.41, 5.74) is 0.232. The zero-order valence-electron chi connectivity index (χ0n) is 17.4. The Kier molecular flexibility index (Phi) is 4.96. The maximum Gasteiger partial charge on any atom is 0.326 e. The number of nitrogens with zero attached hydrogens (tertiary/aromatic N) is 3. The van der Waals surface area contributed by atoms with Gasteiger partial charge in [-0.1, -0.05) is 11.3 Å². The second-order valence-electron chi connectivity index (χ2n) is 9.30. The lowest BCUT2D eigenvalue weighted by Gasteiger charge is -2.55. The van der Waals surface area contributed by atoms with Crippen molar-refractivity contribution >= 4 is 39.1 Å². The van der Waals surface area contributed by atoms with Crippen LogP contribution in [0.3, 0.4) is 0 Å². The molecule has 2 aromatic rings. The molecule has 0 unspecified atom stereocenters. The van der Waals surface area contributed by atoms with Gasteiger partial charge in [-0.05, 0) is 69.3 Å². The molecule has 4 fully saturated rings. The second-order valence-corrected chi connectivity index (χ2v) is 10.3. The molecule has 1 aromatic heterocycles. The van der Waals surface area contributed by atoms with Crippen LogP contribution >= 0.6 is 11.3 Å². The van der Waals surface area contributed by atoms with Crippen LogP contribution in [0, 0.1) is 33.3 Å². The minimum atomic E-state index is -0.452. The van der Waals surface area contributed by atoms with Crippen molar-refractivity contribution in [2.24, 2.45) is 28.2 Å². The van der Waals surface area contributed by atoms with E-state index in [1.54, 1.807) is 17.6 Å². The molecule has 0 atom stereocenters. The van der Waals surface area contributed by atoms with E-state index < -0.39 is 10.9 Å². The number of non-ortho nitro benzene ring substituents is 1. The number of hydrogen-bond donors (Lipinski definition) is 0. The summed E-state index contributed by atoms with van der Waals surface area (Å²) in [6, 6.07) is 4.48. The molecule has 4 aliphatic carbocycles. The van der Waals surface area contributed by atoms with Gasteiger partial charge in [0.25, 0.3) is 11.6 Å². The summed E-state index contributed by atoms with van der Waals surface area (Å²) < 4.78 is 7.37. The van der Waals surface area contributed by atoms with Crippen molar-refractivity contribution in [2.45, 2.75) is 52.0 Å². The predicted octanol–water partition coefficient (Wildman–Crippen LogP) is 3.82. The van der Waals surface area contributed by atoms with Crippen molar-refractivity contribution in [3.05, 3.63) is 33.1 Å². The molecule has 31 heavy (non-hydrogen) atoms. The Morgan fingerprint density at radius 1 is 1.23 bits per heavy atom. The zero-order valence-corrected chi connectivity index (χ0v) is 18.2. The van der Waals surface area contributed by atoms with Gasteiger partial charge < -0.3 is 9.30 Å². The van der Waals surface area contributed by atoms with Crippen LogP contribution in [0.15, 0.2) is 23.2 Å². The number of aromatic nitrogens is 1. The summed E-state index contributed by atoms with van der Waals surface area (Å²) in [4.78, 5) is 41.4. The molecule has 1 aromatic carbocycles. The van der Waals surface area contributed by atoms with E-state index in [1.165, 1.54) is 42.7 Å². The van der Waals surface area contributed by atoms with Crippen LogP contribution in [0.5, 0.6) is 0 Å². The summed E-state index contributed by atoms with van der Waals surface area (Å²) in [6.07, 6.45) is 6.45. The summed E-state index contributed by atoms with van der Waals surface area (Å²) in [5.74, 6) is 1.36. The van der Waals surface area contributed by atoms with Gasteiger partial charge in [0, 0.05) is 12.1 Å². The number of rotatable bonds is 5. The third-order valence-electron chi connectivity index (χ3n) is 7.16. The van der Waals surface area contributed by atoms with Crippen LogP contribution in [0.4, 0.5) is 5.69 Å². The molecule has 164 valence electrons. The van der Waals surface area contributed by atoms with E-state index in [2.05, 4.69) is 4.99 Å². The second kappa shape index (κ2) is 7.55. The Balaban J connectivity index is 1.57. The molecule has 1 amide bonds. The molecule has 1 heterocycles. The number of fused-ring (bicyclic) bond motifs is 1. The zero-order chi connectivity index (χ0) is 21.8. The molecule has 0 aliphatic heterocycles. The molecular weight excluding hydrogens is 418 g/mol. The van der Waals surface area contributed by atoms with E-state index in [-0.39, 0.29) is 30.2 Å². The minimum absolute atomic E-state index is 0.0315. The molecule has 4 saturated carbocycles. The van der Waals surface area contributed by atoms with Gasteiger partial charge >= 0.3 is 5.97 Å². The molecule has 0 saturated heterocycles. The molecule has 4 bridgehead atoms. The lowest BCUT2D eigenvalue weighted by Crippen LogP contribution is -2.50. The molecule has 0 spiro atoms. The van der Waals surface area contributed by atoms with Crippen molar-refractivity contribution in [1.82, 2.24) is 4.57 Å². The number of hydrogen-bond acceptors (Lipinski definition) is 6. The number of benzene rings is 1. The van der Waals surface area contributed by atoms with Crippen LogP contribution in [-0.4, -0.2) is 28.0 Å². The number of carbonyl (C=O) groups is 2. The Bertz CT molecular complexity index is 1110. The largest absolute Gasteiger partial charge is 0.465 e. The number of amides is 1. The van der Waals surface area contributed by atoms with Crippen molar-refractivity contribution in [3.8, 4) is 0 Å². The number of carbonyl (C=O) groups excluding carboxylic acids is 2. The number of thiazole rings is 1. The molecule has 8 nitrogen and oxygen atoms in total. The number of ether oxygens (including phenoxy) is 1. The van der Waals surface area contributed by atoms with Gasteiger partial charge in [0.05, 0.1) is 27.2 Å². The average Bonchev–Trinajstić information content (AvgIpc) is 3.03. The van der Waals surface area contributed by atoms with E-state index >= 15 is 0 Å². The van der Waals surface area contributed by atoms with Gasteiger partial charge in [-0.2, -0.15) is 4.99 Å². The Morgan fingerprint density at radius 3 is 2.45 bits per heavy atom. The topological polar surface area (TPSA) is 104 Å². The van der Waals surface area contributed by atoms with Gasteiger partial charge in [0.2, 0.25) is 0 Å². The van der Waals surface area contributed by atoms with Crippen LogP contribution in [0.1, 0.15) is 45.4 Å². The number of nitro benzene ring substituents is 1. The van der Waals surface area contributed by atoms with Crippen molar-refractivity contribution in [2.75, 3.05) is 6.61 Å². The maximum atomic E-state index is 13.5. The van der Waals surface area contributed by atoms with Gasteiger partial charge in [0.15, 0.2) is 4.80 Å². The SMILES string of the molecule is CCOC(=O)Cn1c(=NC(=O)C23CC4CC(CC(C4)C2)C3)sc2cc([N+](=O)[O-])ccc21. The van der Waals surface area contributed by atoms with Crippen LogP contribution in [0.2, 0.25) is 0 Å².